The molecule has 0 bridgehead atoms. The van der Waals surface area contributed by atoms with Gasteiger partial charge in [-0.2, -0.15) is 4.68 Å². The number of benzene rings is 1. The molecule has 0 aliphatic heterocycles. The highest BCUT2D eigenvalue weighted by Crippen LogP contribution is 2.26. The van der Waals surface area contributed by atoms with Gasteiger partial charge < -0.3 is 0 Å². The van der Waals surface area contributed by atoms with Crippen LogP contribution >= 0.6 is 0 Å². The van der Waals surface area contributed by atoms with Gasteiger partial charge in [0.05, 0.1) is 5.52 Å². The van der Waals surface area contributed by atoms with E-state index in [4.69, 9.17) is 0 Å². The van der Waals surface area contributed by atoms with Crippen LogP contribution in [-0.4, -0.2) is 20.9 Å². The zero-order valence-corrected chi connectivity index (χ0v) is 12.1. The molecule has 4 heteroatoms. The molecule has 0 saturated heterocycles. The lowest BCUT2D eigenvalue weighted by Crippen LogP contribution is -2.19. The molecular formula is C15H21N3O. The van der Waals surface area contributed by atoms with Crippen LogP contribution in [0.1, 0.15) is 45.3 Å². The Morgan fingerprint density at radius 3 is 2.68 bits per heavy atom. The molecule has 1 heterocycles. The van der Waals surface area contributed by atoms with Gasteiger partial charge in [-0.05, 0) is 29.9 Å². The van der Waals surface area contributed by atoms with Crippen LogP contribution in [0.25, 0.3) is 11.0 Å². The summed E-state index contributed by atoms with van der Waals surface area (Å²) in [5, 5.41) is 7.98. The number of aromatic nitrogens is 3. The number of carbonyl (C=O) groups excluding carboxylic acids is 1. The molecule has 0 aliphatic rings. The average molecular weight is 259 g/mol. The highest BCUT2D eigenvalue weighted by molar-refractivity contribution is 5.88. The molecule has 102 valence electrons. The normalized spacial score (nSPS) is 13.7. The summed E-state index contributed by atoms with van der Waals surface area (Å²) in [7, 11) is 0. The molecule has 19 heavy (non-hydrogen) atoms. The van der Waals surface area contributed by atoms with E-state index in [1.165, 1.54) is 4.68 Å². The Kier molecular flexibility index (Phi) is 3.69. The fourth-order valence-corrected chi connectivity index (χ4v) is 2.56. The van der Waals surface area contributed by atoms with Crippen molar-refractivity contribution in [2.75, 3.05) is 0 Å². The second-order valence-electron chi connectivity index (χ2n) is 6.46. The molecule has 1 atom stereocenters. The fraction of sp³-hybridized carbons (Fsp3) is 0.533. The molecule has 1 aromatic heterocycles. The Labute approximate surface area is 113 Å². The SMILES string of the molecule is C[C@H](CC(=O)n1nnc2ccccc21)CC(C)(C)C. The number of carbonyl (C=O) groups is 1. The second-order valence-corrected chi connectivity index (χ2v) is 6.46. The molecule has 0 fully saturated rings. The lowest BCUT2D eigenvalue weighted by molar-refractivity contribution is 0.0859. The number of hydrogen-bond donors (Lipinski definition) is 0. The average Bonchev–Trinajstić information content (AvgIpc) is 2.69. The number of para-hydroxylation sites is 1. The van der Waals surface area contributed by atoms with Gasteiger partial charge in [0.2, 0.25) is 5.91 Å². The first kappa shape index (κ1) is 13.7. The van der Waals surface area contributed by atoms with Gasteiger partial charge in [-0.1, -0.05) is 45.0 Å². The molecule has 0 N–H and O–H groups in total. The Balaban J connectivity index is 2.12. The van der Waals surface area contributed by atoms with Crippen LogP contribution in [0.2, 0.25) is 0 Å². The number of hydrogen-bond acceptors (Lipinski definition) is 3. The van der Waals surface area contributed by atoms with Crippen LogP contribution in [0.3, 0.4) is 0 Å². The van der Waals surface area contributed by atoms with E-state index in [1.807, 2.05) is 24.3 Å². The first-order chi connectivity index (χ1) is 8.87. The van der Waals surface area contributed by atoms with Crippen molar-refractivity contribution in [3.8, 4) is 0 Å². The largest absolute Gasteiger partial charge is 0.272 e. The van der Waals surface area contributed by atoms with E-state index < -0.39 is 0 Å². The summed E-state index contributed by atoms with van der Waals surface area (Å²) in [6.07, 6.45) is 1.52. The van der Waals surface area contributed by atoms with Crippen LogP contribution in [0.5, 0.6) is 0 Å². The Morgan fingerprint density at radius 2 is 2.00 bits per heavy atom. The van der Waals surface area contributed by atoms with E-state index >= 15 is 0 Å². The molecule has 0 radical (unpaired) electrons. The van der Waals surface area contributed by atoms with Gasteiger partial charge in [0.1, 0.15) is 5.52 Å². The van der Waals surface area contributed by atoms with Gasteiger partial charge in [-0.15, -0.1) is 5.10 Å². The molecule has 0 saturated carbocycles. The minimum atomic E-state index is 0.0189. The zero-order chi connectivity index (χ0) is 14.0. The van der Waals surface area contributed by atoms with Crippen molar-refractivity contribution < 1.29 is 4.79 Å². The van der Waals surface area contributed by atoms with Crippen molar-refractivity contribution in [3.63, 3.8) is 0 Å². The summed E-state index contributed by atoms with van der Waals surface area (Å²) in [6, 6.07) is 7.54. The molecule has 1 aromatic carbocycles. The maximum Gasteiger partial charge on any atom is 0.249 e. The third-order valence-corrected chi connectivity index (χ3v) is 3.07. The van der Waals surface area contributed by atoms with Gasteiger partial charge in [-0.3, -0.25) is 4.79 Å². The van der Waals surface area contributed by atoms with Crippen LogP contribution in [0.4, 0.5) is 0 Å². The van der Waals surface area contributed by atoms with Crippen molar-refractivity contribution in [1.82, 2.24) is 15.0 Å². The number of rotatable bonds is 3. The lowest BCUT2D eigenvalue weighted by atomic mass is 9.84. The summed E-state index contributed by atoms with van der Waals surface area (Å²) in [4.78, 5) is 12.3. The third kappa shape index (κ3) is 3.40. The molecule has 4 nitrogen and oxygen atoms in total. The summed E-state index contributed by atoms with van der Waals surface area (Å²) in [5.74, 6) is 0.362. The minimum absolute atomic E-state index is 0.0189. The summed E-state index contributed by atoms with van der Waals surface area (Å²) >= 11 is 0. The fourth-order valence-electron chi connectivity index (χ4n) is 2.56. The summed E-state index contributed by atoms with van der Waals surface area (Å²) in [6.45, 7) is 8.69. The standard InChI is InChI=1S/C15H21N3O/c1-11(10-15(2,3)4)9-14(19)18-13-8-6-5-7-12(13)16-17-18/h5-8,11H,9-10H2,1-4H3/t11-/m1/s1. The number of nitrogens with zero attached hydrogens (tertiary/aromatic N) is 3. The zero-order valence-electron chi connectivity index (χ0n) is 12.1. The number of fused-ring (bicyclic) bond motifs is 1. The van der Waals surface area contributed by atoms with Gasteiger partial charge in [0.25, 0.3) is 0 Å². The highest BCUT2D eigenvalue weighted by atomic mass is 16.2. The van der Waals surface area contributed by atoms with Crippen LogP contribution in [0.15, 0.2) is 24.3 Å². The molecule has 2 aromatic rings. The van der Waals surface area contributed by atoms with E-state index in [0.717, 1.165) is 17.5 Å². The Hall–Kier alpha value is -1.71. The monoisotopic (exact) mass is 259 g/mol. The van der Waals surface area contributed by atoms with Gasteiger partial charge >= 0.3 is 0 Å². The predicted octanol–water partition coefficient (Wildman–Crippen LogP) is 3.53. The summed E-state index contributed by atoms with van der Waals surface area (Å²) < 4.78 is 1.43. The van der Waals surface area contributed by atoms with E-state index in [0.29, 0.717) is 12.3 Å². The molecule has 0 aliphatic carbocycles. The van der Waals surface area contributed by atoms with Gasteiger partial charge in [-0.25, -0.2) is 0 Å². The Morgan fingerprint density at radius 1 is 1.32 bits per heavy atom. The Bertz CT molecular complexity index is 580. The second kappa shape index (κ2) is 5.11. The van der Waals surface area contributed by atoms with E-state index in [2.05, 4.69) is 38.0 Å². The highest BCUT2D eigenvalue weighted by Gasteiger charge is 2.20. The first-order valence-electron chi connectivity index (χ1n) is 6.70. The maximum absolute atomic E-state index is 12.3. The van der Waals surface area contributed by atoms with Crippen molar-refractivity contribution in [2.24, 2.45) is 11.3 Å². The maximum atomic E-state index is 12.3. The van der Waals surface area contributed by atoms with Crippen molar-refractivity contribution in [1.29, 1.82) is 0 Å². The topological polar surface area (TPSA) is 47.8 Å². The van der Waals surface area contributed by atoms with Gasteiger partial charge in [0.15, 0.2) is 0 Å². The van der Waals surface area contributed by atoms with E-state index in [-0.39, 0.29) is 11.3 Å². The van der Waals surface area contributed by atoms with Crippen molar-refractivity contribution in [2.45, 2.75) is 40.5 Å². The van der Waals surface area contributed by atoms with E-state index in [9.17, 15) is 4.79 Å². The van der Waals surface area contributed by atoms with Crippen LogP contribution < -0.4 is 0 Å². The summed E-state index contributed by atoms with van der Waals surface area (Å²) in [5.41, 5.74) is 1.79. The van der Waals surface area contributed by atoms with Crippen molar-refractivity contribution >= 4 is 16.9 Å². The van der Waals surface area contributed by atoms with Crippen LogP contribution in [0, 0.1) is 11.3 Å². The molecular weight excluding hydrogens is 238 g/mol. The quantitative estimate of drug-likeness (QED) is 0.847. The van der Waals surface area contributed by atoms with Crippen LogP contribution in [-0.2, 0) is 0 Å². The molecule has 0 amide bonds. The molecule has 2 rings (SSSR count). The first-order valence-corrected chi connectivity index (χ1v) is 6.70. The van der Waals surface area contributed by atoms with E-state index in [1.54, 1.807) is 0 Å². The smallest absolute Gasteiger partial charge is 0.249 e. The van der Waals surface area contributed by atoms with Gasteiger partial charge in [0, 0.05) is 6.42 Å². The van der Waals surface area contributed by atoms with Crippen molar-refractivity contribution in [3.05, 3.63) is 24.3 Å². The minimum Gasteiger partial charge on any atom is -0.272 e. The lowest BCUT2D eigenvalue weighted by Gasteiger charge is -2.22. The predicted molar refractivity (Wildman–Crippen MR) is 76.0 cm³/mol. The molecule has 0 spiro atoms. The molecule has 0 unspecified atom stereocenters. The third-order valence-electron chi connectivity index (χ3n) is 3.07.